The lowest BCUT2D eigenvalue weighted by Crippen LogP contribution is -2.28. The number of thiophene rings is 1. The number of hydrogen-bond donors (Lipinski definition) is 1. The summed E-state index contributed by atoms with van der Waals surface area (Å²) in [5.74, 6) is 1.01. The van der Waals surface area contributed by atoms with Crippen molar-refractivity contribution in [2.75, 3.05) is 12.9 Å². The topological polar surface area (TPSA) is 102 Å². The Hall–Kier alpha value is -3.96. The largest absolute Gasteiger partial charge is 0.497 e. The maximum atomic E-state index is 13.4. The lowest BCUT2D eigenvalue weighted by molar-refractivity contribution is -0.130. The number of aryl methyl sites for hydroxylation is 1. The zero-order valence-electron chi connectivity index (χ0n) is 21.8. The molecule has 39 heavy (non-hydrogen) atoms. The van der Waals surface area contributed by atoms with Crippen LogP contribution in [0, 0.1) is 6.92 Å². The average molecular weight is 561 g/mol. The minimum atomic E-state index is -0.239. The highest BCUT2D eigenvalue weighted by atomic mass is 32.2. The predicted molar refractivity (Wildman–Crippen MR) is 152 cm³/mol. The molecule has 11 heteroatoms. The third kappa shape index (κ3) is 6.04. The Morgan fingerprint density at radius 2 is 1.95 bits per heavy atom. The van der Waals surface area contributed by atoms with Crippen LogP contribution in [0.2, 0.25) is 0 Å². The summed E-state index contributed by atoms with van der Waals surface area (Å²) in [6.45, 7) is 2.25. The Morgan fingerprint density at radius 1 is 1.13 bits per heavy atom. The first-order chi connectivity index (χ1) is 18.9. The number of rotatable bonds is 9. The smallest absolute Gasteiger partial charge is 0.253 e. The summed E-state index contributed by atoms with van der Waals surface area (Å²) >= 11 is 2.92. The van der Waals surface area contributed by atoms with Gasteiger partial charge in [0.2, 0.25) is 0 Å². The molecule has 0 saturated heterocycles. The molecule has 2 aromatic heterocycles. The van der Waals surface area contributed by atoms with Crippen molar-refractivity contribution in [1.29, 1.82) is 0 Å². The summed E-state index contributed by atoms with van der Waals surface area (Å²) in [4.78, 5) is 27.0. The molecule has 1 unspecified atom stereocenters. The van der Waals surface area contributed by atoms with Crippen molar-refractivity contribution in [2.24, 2.45) is 12.1 Å². The number of nitrogens with zero attached hydrogens (tertiary/aromatic N) is 5. The van der Waals surface area contributed by atoms with Gasteiger partial charge in [0.1, 0.15) is 5.75 Å². The Bertz CT molecular complexity index is 1500. The van der Waals surface area contributed by atoms with Crippen molar-refractivity contribution in [3.63, 3.8) is 0 Å². The number of methoxy groups -OCH3 is 1. The van der Waals surface area contributed by atoms with Gasteiger partial charge in [0, 0.05) is 19.0 Å². The van der Waals surface area contributed by atoms with Gasteiger partial charge in [-0.05, 0) is 42.1 Å². The number of amides is 2. The normalized spacial score (nSPS) is 14.8. The van der Waals surface area contributed by atoms with Crippen LogP contribution < -0.4 is 10.1 Å². The summed E-state index contributed by atoms with van der Waals surface area (Å²) < 4.78 is 6.97. The van der Waals surface area contributed by atoms with Gasteiger partial charge in [-0.25, -0.2) is 5.01 Å². The molecule has 1 aliphatic rings. The number of thioether (sulfide) groups is 1. The molecule has 4 aromatic rings. The number of aromatic nitrogens is 3. The highest BCUT2D eigenvalue weighted by molar-refractivity contribution is 7.99. The monoisotopic (exact) mass is 560 g/mol. The molecule has 1 aliphatic heterocycles. The highest BCUT2D eigenvalue weighted by Gasteiger charge is 2.33. The van der Waals surface area contributed by atoms with Crippen molar-refractivity contribution < 1.29 is 14.3 Å². The summed E-state index contributed by atoms with van der Waals surface area (Å²) in [5, 5.41) is 20.3. The lowest BCUT2D eigenvalue weighted by atomic mass is 10.00. The average Bonchev–Trinajstić information content (AvgIpc) is 3.71. The van der Waals surface area contributed by atoms with Crippen LogP contribution >= 0.6 is 23.1 Å². The highest BCUT2D eigenvalue weighted by Crippen LogP contribution is 2.34. The van der Waals surface area contributed by atoms with Crippen molar-refractivity contribution in [2.45, 2.75) is 31.1 Å². The van der Waals surface area contributed by atoms with Crippen LogP contribution in [0.4, 0.5) is 0 Å². The third-order valence-electron chi connectivity index (χ3n) is 6.42. The van der Waals surface area contributed by atoms with Crippen molar-refractivity contribution in [1.82, 2.24) is 25.1 Å². The summed E-state index contributed by atoms with van der Waals surface area (Å²) in [5.41, 5.74) is 3.64. The Labute approximate surface area is 234 Å². The van der Waals surface area contributed by atoms with Crippen molar-refractivity contribution >= 4 is 40.6 Å². The second-order valence-electron chi connectivity index (χ2n) is 9.05. The van der Waals surface area contributed by atoms with E-state index in [0.29, 0.717) is 28.7 Å². The standard InChI is InChI=1S/C28H28N6O3S2/c1-18-9-11-19(12-10-18)23-15-22(24-8-5-13-38-24)32-34(23)26(35)17-39-28-31-30-25(33(28)2)16-29-27(36)20-6-4-7-21(14-20)37-3/h4-14,23H,15-17H2,1-3H3,(H,29,36). The van der Waals surface area contributed by atoms with E-state index in [4.69, 9.17) is 9.84 Å². The molecule has 0 bridgehead atoms. The van der Waals surface area contributed by atoms with Crippen LogP contribution in [0.25, 0.3) is 0 Å². The van der Waals surface area contributed by atoms with Gasteiger partial charge in [-0.2, -0.15) is 5.10 Å². The van der Waals surface area contributed by atoms with E-state index in [2.05, 4.69) is 39.8 Å². The molecular weight excluding hydrogens is 532 g/mol. The molecule has 0 saturated carbocycles. The zero-order chi connectivity index (χ0) is 27.4. The molecule has 200 valence electrons. The van der Waals surface area contributed by atoms with Gasteiger partial charge in [0.05, 0.1) is 36.0 Å². The number of nitrogens with one attached hydrogen (secondary N) is 1. The van der Waals surface area contributed by atoms with Crippen LogP contribution in [0.1, 0.15) is 44.6 Å². The van der Waals surface area contributed by atoms with Crippen molar-refractivity contribution in [3.8, 4) is 5.75 Å². The molecule has 9 nitrogen and oxygen atoms in total. The maximum Gasteiger partial charge on any atom is 0.253 e. The fraction of sp³-hybridized carbons (Fsp3) is 0.250. The van der Waals surface area contributed by atoms with E-state index in [1.165, 1.54) is 17.3 Å². The maximum absolute atomic E-state index is 13.4. The summed E-state index contributed by atoms with van der Waals surface area (Å²) in [7, 11) is 3.37. The van der Waals surface area contributed by atoms with Crippen LogP contribution in [-0.2, 0) is 18.4 Å². The van der Waals surface area contributed by atoms with Crippen molar-refractivity contribution in [3.05, 3.63) is 93.4 Å². The summed E-state index contributed by atoms with van der Waals surface area (Å²) in [6.07, 6.45) is 0.668. The minimum Gasteiger partial charge on any atom is -0.497 e. The van der Waals surface area contributed by atoms with Gasteiger partial charge in [0.25, 0.3) is 11.8 Å². The quantitative estimate of drug-likeness (QED) is 0.301. The Morgan fingerprint density at radius 3 is 2.69 bits per heavy atom. The number of carbonyl (C=O) groups is 2. The number of ether oxygens (including phenoxy) is 1. The molecule has 5 rings (SSSR count). The van der Waals surface area contributed by atoms with E-state index in [-0.39, 0.29) is 30.2 Å². The molecule has 2 amide bonds. The number of hydrazone groups is 1. The lowest BCUT2D eigenvalue weighted by Gasteiger charge is -2.22. The minimum absolute atomic E-state index is 0.104. The fourth-order valence-electron chi connectivity index (χ4n) is 4.22. The number of hydrogen-bond acceptors (Lipinski definition) is 8. The fourth-order valence-corrected chi connectivity index (χ4v) is 5.73. The molecular formula is C28H28N6O3S2. The van der Waals surface area contributed by atoms with Gasteiger partial charge >= 0.3 is 0 Å². The summed E-state index contributed by atoms with van der Waals surface area (Å²) in [6, 6.07) is 19.1. The molecule has 1 N–H and O–H groups in total. The second-order valence-corrected chi connectivity index (χ2v) is 10.9. The molecule has 1 atom stereocenters. The van der Waals surface area contributed by atoms with Crippen LogP contribution in [-0.4, -0.2) is 50.2 Å². The van der Waals surface area contributed by atoms with E-state index < -0.39 is 0 Å². The van der Waals surface area contributed by atoms with E-state index in [9.17, 15) is 9.59 Å². The van der Waals surface area contributed by atoms with Gasteiger partial charge in [-0.15, -0.1) is 21.5 Å². The van der Waals surface area contributed by atoms with Crippen LogP contribution in [0.5, 0.6) is 5.75 Å². The van der Waals surface area contributed by atoms with Gasteiger partial charge in [-0.1, -0.05) is 53.7 Å². The second kappa shape index (κ2) is 11.8. The van der Waals surface area contributed by atoms with E-state index in [1.807, 2.05) is 31.5 Å². The number of carbonyl (C=O) groups excluding carboxylic acids is 2. The Balaban J connectivity index is 1.24. The SMILES string of the molecule is COc1cccc(C(=O)NCc2nnc(SCC(=O)N3N=C(c4cccs4)CC3c3ccc(C)cc3)n2C)c1. The number of benzene rings is 2. The predicted octanol–water partition coefficient (Wildman–Crippen LogP) is 4.59. The molecule has 2 aromatic carbocycles. The first-order valence-corrected chi connectivity index (χ1v) is 14.2. The molecule has 3 heterocycles. The van der Waals surface area contributed by atoms with Gasteiger partial charge < -0.3 is 14.6 Å². The molecule has 0 spiro atoms. The van der Waals surface area contributed by atoms with Crippen LogP contribution in [0.15, 0.2) is 76.3 Å². The van der Waals surface area contributed by atoms with Gasteiger partial charge in [0.15, 0.2) is 11.0 Å². The first kappa shape index (κ1) is 26.6. The Kier molecular flexibility index (Phi) is 8.08. The first-order valence-electron chi connectivity index (χ1n) is 12.4. The third-order valence-corrected chi connectivity index (χ3v) is 8.35. The zero-order valence-corrected chi connectivity index (χ0v) is 23.5. The van der Waals surface area contributed by atoms with Crippen LogP contribution in [0.3, 0.4) is 0 Å². The molecule has 0 fully saturated rings. The van der Waals surface area contributed by atoms with Gasteiger partial charge in [-0.3, -0.25) is 9.59 Å². The van der Waals surface area contributed by atoms with E-state index >= 15 is 0 Å². The van der Waals surface area contributed by atoms with E-state index in [0.717, 1.165) is 16.2 Å². The molecule has 0 aliphatic carbocycles. The molecule has 0 radical (unpaired) electrons. The van der Waals surface area contributed by atoms with E-state index in [1.54, 1.807) is 52.3 Å².